The molecule has 2 aromatic rings. The largest absolute Gasteiger partial charge is 0.495 e. The molecule has 4 rings (SSSR count). The molecule has 3 heterocycles. The van der Waals surface area contributed by atoms with Gasteiger partial charge in [-0.1, -0.05) is 6.07 Å². The summed E-state index contributed by atoms with van der Waals surface area (Å²) in [6, 6.07) is 5.35. The number of hydrogen-bond acceptors (Lipinski definition) is 4. The first-order chi connectivity index (χ1) is 12.2. The van der Waals surface area contributed by atoms with Crippen molar-refractivity contribution in [2.45, 2.75) is 45.3 Å². The Labute approximate surface area is 152 Å². The number of aromatic nitrogens is 1. The number of carbonyl (C=O) groups excluding carboxylic acids is 2. The summed E-state index contributed by atoms with van der Waals surface area (Å²) in [4.78, 5) is 28.4. The summed E-state index contributed by atoms with van der Waals surface area (Å²) in [6.07, 6.45) is 2.11. The normalized spacial score (nSPS) is 22.2. The first-order valence-corrected chi connectivity index (χ1v) is 8.76. The smallest absolute Gasteiger partial charge is 0.399 e. The molecule has 136 valence electrons. The zero-order chi connectivity index (χ0) is 18.7. The number of benzene rings is 1. The van der Waals surface area contributed by atoms with E-state index in [1.165, 1.54) is 0 Å². The fourth-order valence-corrected chi connectivity index (χ4v) is 3.36. The number of nitrogens with one attached hydrogen (secondary N) is 2. The van der Waals surface area contributed by atoms with Crippen molar-refractivity contribution in [3.63, 3.8) is 0 Å². The predicted molar refractivity (Wildman–Crippen MR) is 99.5 cm³/mol. The van der Waals surface area contributed by atoms with Gasteiger partial charge in [0.1, 0.15) is 0 Å². The van der Waals surface area contributed by atoms with Gasteiger partial charge < -0.3 is 14.3 Å². The Morgan fingerprint density at radius 1 is 1.08 bits per heavy atom. The van der Waals surface area contributed by atoms with Crippen LogP contribution in [0.25, 0.3) is 10.9 Å². The first kappa shape index (κ1) is 17.1. The molecule has 2 aliphatic rings. The molecule has 0 atom stereocenters. The number of aromatic amines is 1. The number of imide groups is 1. The number of urea groups is 1. The molecule has 0 bridgehead atoms. The van der Waals surface area contributed by atoms with E-state index in [0.29, 0.717) is 6.54 Å². The second-order valence-electron chi connectivity index (χ2n) is 7.78. The maximum absolute atomic E-state index is 12.2. The number of rotatable bonds is 2. The zero-order valence-corrected chi connectivity index (χ0v) is 15.4. The number of anilines is 1. The molecule has 0 unspecified atom stereocenters. The number of hydrogen-bond donors (Lipinski definition) is 2. The monoisotopic (exact) mass is 355 g/mol. The minimum absolute atomic E-state index is 0.247. The lowest BCUT2D eigenvalue weighted by molar-refractivity contribution is -0.120. The van der Waals surface area contributed by atoms with E-state index in [2.05, 4.69) is 10.3 Å². The molecule has 2 N–H and O–H groups in total. The maximum atomic E-state index is 12.2. The van der Waals surface area contributed by atoms with Crippen LogP contribution in [0.4, 0.5) is 10.5 Å². The summed E-state index contributed by atoms with van der Waals surface area (Å²) in [5, 5.41) is 3.30. The van der Waals surface area contributed by atoms with Crippen molar-refractivity contribution < 1.29 is 18.9 Å². The first-order valence-electron chi connectivity index (χ1n) is 8.76. The van der Waals surface area contributed by atoms with Crippen LogP contribution in [0.5, 0.6) is 0 Å². The molecule has 0 spiro atoms. The maximum Gasteiger partial charge on any atom is 0.495 e. The molecule has 1 aromatic heterocycles. The third kappa shape index (κ3) is 2.52. The summed E-state index contributed by atoms with van der Waals surface area (Å²) in [7, 11) is -0.482. The number of nitrogens with zero attached hydrogens (tertiary/aromatic N) is 1. The summed E-state index contributed by atoms with van der Waals surface area (Å²) < 4.78 is 12.3. The van der Waals surface area contributed by atoms with Crippen molar-refractivity contribution in [1.82, 2.24) is 10.3 Å². The lowest BCUT2D eigenvalue weighted by Crippen LogP contribution is -2.49. The quantitative estimate of drug-likeness (QED) is 0.807. The minimum atomic E-state index is -0.482. The lowest BCUT2D eigenvalue weighted by Gasteiger charge is -2.32. The Bertz CT molecular complexity index is 889. The van der Waals surface area contributed by atoms with E-state index >= 15 is 0 Å². The molecule has 2 fully saturated rings. The van der Waals surface area contributed by atoms with E-state index in [1.54, 1.807) is 4.90 Å². The van der Waals surface area contributed by atoms with Crippen LogP contribution in [0.2, 0.25) is 0 Å². The molecule has 7 nitrogen and oxygen atoms in total. The van der Waals surface area contributed by atoms with Gasteiger partial charge in [0, 0.05) is 24.5 Å². The Morgan fingerprint density at radius 2 is 1.77 bits per heavy atom. The van der Waals surface area contributed by atoms with Crippen LogP contribution in [0.15, 0.2) is 24.4 Å². The predicted octanol–water partition coefficient (Wildman–Crippen LogP) is 1.91. The SMILES string of the molecule is CC1(C)OB(c2ccc(N3CCC(=O)NC3=O)c3[nH]ccc23)OC1(C)C. The lowest BCUT2D eigenvalue weighted by atomic mass is 9.77. The molecule has 0 aliphatic carbocycles. The van der Waals surface area contributed by atoms with Crippen LogP contribution in [0.1, 0.15) is 34.1 Å². The Morgan fingerprint density at radius 3 is 2.42 bits per heavy atom. The van der Waals surface area contributed by atoms with Gasteiger partial charge in [-0.3, -0.25) is 15.0 Å². The molecular weight excluding hydrogens is 333 g/mol. The molecule has 0 radical (unpaired) electrons. The zero-order valence-electron chi connectivity index (χ0n) is 15.4. The fourth-order valence-electron chi connectivity index (χ4n) is 3.36. The van der Waals surface area contributed by atoms with E-state index in [9.17, 15) is 9.59 Å². The minimum Gasteiger partial charge on any atom is -0.399 e. The van der Waals surface area contributed by atoms with Crippen molar-refractivity contribution in [3.8, 4) is 0 Å². The summed E-state index contributed by atoms with van der Waals surface area (Å²) in [5.74, 6) is -0.247. The van der Waals surface area contributed by atoms with E-state index < -0.39 is 24.4 Å². The van der Waals surface area contributed by atoms with Gasteiger partial charge in [-0.15, -0.1) is 0 Å². The van der Waals surface area contributed by atoms with E-state index in [-0.39, 0.29) is 12.3 Å². The van der Waals surface area contributed by atoms with Gasteiger partial charge >= 0.3 is 13.1 Å². The number of carbonyl (C=O) groups is 2. The standard InChI is InChI=1S/C18H22BN3O4/c1-17(2)18(3,4)26-19(25-17)12-5-6-13(15-11(12)7-9-20-15)22-10-8-14(23)21-16(22)24/h5-7,9,20H,8,10H2,1-4H3,(H,21,23,24). The van der Waals surface area contributed by atoms with Crippen molar-refractivity contribution in [3.05, 3.63) is 24.4 Å². The van der Waals surface area contributed by atoms with Crippen LogP contribution >= 0.6 is 0 Å². The highest BCUT2D eigenvalue weighted by Gasteiger charge is 2.52. The molecule has 26 heavy (non-hydrogen) atoms. The van der Waals surface area contributed by atoms with Crippen LogP contribution in [0.3, 0.4) is 0 Å². The average molecular weight is 355 g/mol. The third-order valence-electron chi connectivity index (χ3n) is 5.59. The Kier molecular flexibility index (Phi) is 3.68. The molecule has 2 saturated heterocycles. The number of H-pyrrole nitrogens is 1. The highest BCUT2D eigenvalue weighted by atomic mass is 16.7. The number of amides is 3. The highest BCUT2D eigenvalue weighted by Crippen LogP contribution is 2.37. The molecule has 0 saturated carbocycles. The Balaban J connectivity index is 1.74. The van der Waals surface area contributed by atoms with Crippen LogP contribution in [-0.4, -0.2) is 41.8 Å². The summed E-state index contributed by atoms with van der Waals surface area (Å²) >= 11 is 0. The van der Waals surface area contributed by atoms with E-state index in [4.69, 9.17) is 9.31 Å². The van der Waals surface area contributed by atoms with Crippen LogP contribution in [0, 0.1) is 0 Å². The van der Waals surface area contributed by atoms with E-state index in [1.807, 2.05) is 52.1 Å². The number of fused-ring (bicyclic) bond motifs is 1. The van der Waals surface area contributed by atoms with Gasteiger partial charge in [-0.25, -0.2) is 4.79 Å². The van der Waals surface area contributed by atoms with Crippen molar-refractivity contribution in [2.24, 2.45) is 0 Å². The van der Waals surface area contributed by atoms with Gasteiger partial charge in [0.25, 0.3) is 0 Å². The molecule has 2 aliphatic heterocycles. The second kappa shape index (κ2) is 5.59. The molecular formula is C18H22BN3O4. The van der Waals surface area contributed by atoms with Gasteiger partial charge in [0.15, 0.2) is 0 Å². The topological polar surface area (TPSA) is 83.7 Å². The van der Waals surface area contributed by atoms with Crippen LogP contribution < -0.4 is 15.7 Å². The fraction of sp³-hybridized carbons (Fsp3) is 0.444. The molecule has 1 aromatic carbocycles. The van der Waals surface area contributed by atoms with Crippen LogP contribution in [-0.2, 0) is 14.1 Å². The highest BCUT2D eigenvalue weighted by molar-refractivity contribution is 6.65. The van der Waals surface area contributed by atoms with Gasteiger partial charge in [0.05, 0.1) is 22.4 Å². The van der Waals surface area contributed by atoms with Crippen molar-refractivity contribution in [1.29, 1.82) is 0 Å². The van der Waals surface area contributed by atoms with Gasteiger partial charge in [0.2, 0.25) is 5.91 Å². The molecule has 8 heteroatoms. The van der Waals surface area contributed by atoms with Crippen molar-refractivity contribution in [2.75, 3.05) is 11.4 Å². The van der Waals surface area contributed by atoms with E-state index in [0.717, 1.165) is 22.1 Å². The van der Waals surface area contributed by atoms with Gasteiger partial charge in [-0.2, -0.15) is 0 Å². The second-order valence-corrected chi connectivity index (χ2v) is 7.78. The van der Waals surface area contributed by atoms with Crippen molar-refractivity contribution >= 4 is 41.1 Å². The third-order valence-corrected chi connectivity index (χ3v) is 5.59. The Hall–Kier alpha value is -2.32. The average Bonchev–Trinajstić information content (AvgIpc) is 3.10. The molecule has 3 amide bonds. The van der Waals surface area contributed by atoms with Gasteiger partial charge in [-0.05, 0) is 45.3 Å². The summed E-state index contributed by atoms with van der Waals surface area (Å²) in [6.45, 7) is 8.43. The summed E-state index contributed by atoms with van der Waals surface area (Å²) in [5.41, 5.74) is 1.62.